The molecule has 3 fully saturated rings. The second-order valence-electron chi connectivity index (χ2n) is 22.0. The van der Waals surface area contributed by atoms with E-state index in [1.807, 2.05) is 36.4 Å². The molecular weight excluding hydrogens is 1140 g/mol. The number of unbranched alkanes of at least 4 members (excludes halogenated alkanes) is 1. The largest absolute Gasteiger partial charge is 0.494 e. The molecule has 0 spiro atoms. The highest BCUT2D eigenvalue weighted by Gasteiger charge is 2.33. The Balaban J connectivity index is 0.660. The molecule has 480 valence electrons. The Morgan fingerprint density at radius 2 is 1.49 bits per heavy atom. The van der Waals surface area contributed by atoms with E-state index < -0.39 is 24.6 Å². The number of carbonyl (C=O) groups excluding carboxylic acids is 3. The number of methoxy groups -OCH3 is 1. The van der Waals surface area contributed by atoms with E-state index in [4.69, 9.17) is 28.4 Å². The highest BCUT2D eigenvalue weighted by atomic mass is 32.2. The first kappa shape index (κ1) is 68.8. The van der Waals surface area contributed by atoms with Crippen LogP contribution in [0.1, 0.15) is 73.2 Å². The molecule has 3 aromatic carbocycles. The Hall–Kier alpha value is -5.65. The number of benzene rings is 3. The number of alkyl halides is 2. The zero-order chi connectivity index (χ0) is 61.4. The fraction of sp³-hybridized carbons (Fsp3) is 0.581. The van der Waals surface area contributed by atoms with Gasteiger partial charge in [0, 0.05) is 134 Å². The molecule has 3 aliphatic heterocycles. The van der Waals surface area contributed by atoms with Crippen LogP contribution >= 0.6 is 11.8 Å². The number of aliphatic hydroxyl groups excluding tert-OH is 1. The van der Waals surface area contributed by atoms with Crippen LogP contribution in [0.5, 0.6) is 11.5 Å². The third-order valence-corrected chi connectivity index (χ3v) is 16.4. The number of amides is 4. The van der Waals surface area contributed by atoms with E-state index in [0.29, 0.717) is 95.7 Å². The number of nitrogens with zero attached hydrogens (tertiary/aromatic N) is 6. The summed E-state index contributed by atoms with van der Waals surface area (Å²) in [5.74, 6) is 1.49. The predicted octanol–water partition coefficient (Wildman–Crippen LogP) is 5.24. The number of urea groups is 1. The van der Waals surface area contributed by atoms with Crippen LogP contribution in [0.4, 0.5) is 19.3 Å². The summed E-state index contributed by atoms with van der Waals surface area (Å²) in [5.41, 5.74) is 8.78. The summed E-state index contributed by atoms with van der Waals surface area (Å²) in [6, 6.07) is 23.1. The molecule has 0 aliphatic carbocycles. The lowest BCUT2D eigenvalue weighted by atomic mass is 10.00. The van der Waals surface area contributed by atoms with Gasteiger partial charge in [-0.1, -0.05) is 30.3 Å². The van der Waals surface area contributed by atoms with Crippen molar-refractivity contribution in [1.29, 1.82) is 0 Å². The third kappa shape index (κ3) is 25.4. The second-order valence-corrected chi connectivity index (χ2v) is 23.1. The molecular formula is C62H92F2N12O10S. The Morgan fingerprint density at radius 3 is 2.25 bits per heavy atom. The van der Waals surface area contributed by atoms with Gasteiger partial charge in [-0.15, -0.1) is 11.8 Å². The Bertz CT molecular complexity index is 2590. The monoisotopic (exact) mass is 1230 g/mol. The lowest BCUT2D eigenvalue weighted by Crippen LogP contribution is -2.51. The average molecular weight is 1240 g/mol. The number of aryl methyl sites for hydroxylation is 1. The summed E-state index contributed by atoms with van der Waals surface area (Å²) >= 11 is 1.63. The van der Waals surface area contributed by atoms with E-state index in [1.165, 1.54) is 23.1 Å². The predicted molar refractivity (Wildman–Crippen MR) is 331 cm³/mol. The molecule has 3 saturated heterocycles. The van der Waals surface area contributed by atoms with Crippen molar-refractivity contribution in [2.75, 3.05) is 151 Å². The standard InChI is InChI=1S/C62H92F2N12O10S/c1-72(25-4-5-34-85-54-15-10-47(11-16-54)12-19-56(77)76(26-7-33-81-3)58(49-8-6-9-50(42-49)59(63)64)60(79)66-44-48-20-23-65-24-21-48)31-36-83-39-38-82-35-22-52-45-75(71-70-52)32-37-84-40-41-86-55-17-13-51(14-18-55)67-61(80)69-62-68-53(46-87-62)43-57(78)74-29-27-73(2)28-30-74/h6,8-11,13-18,20-21,23-24,42,52-53,57-59,62,68,70-71,78H,4-5,7,12,19,22,25-41,43-46H2,1-3H3,(H,66,79)(H2,67,69,80). The van der Waals surface area contributed by atoms with Gasteiger partial charge in [0.15, 0.2) is 0 Å². The number of aromatic nitrogens is 1. The van der Waals surface area contributed by atoms with Gasteiger partial charge in [0.05, 0.1) is 39.6 Å². The molecule has 4 heterocycles. The number of piperazine rings is 1. The van der Waals surface area contributed by atoms with Crippen LogP contribution in [0.3, 0.4) is 0 Å². The van der Waals surface area contributed by atoms with Crippen LogP contribution in [-0.4, -0.2) is 222 Å². The van der Waals surface area contributed by atoms with Crippen molar-refractivity contribution in [3.8, 4) is 11.5 Å². The number of hydrogen-bond acceptors (Lipinski definition) is 19. The van der Waals surface area contributed by atoms with Gasteiger partial charge in [0.25, 0.3) is 6.43 Å². The first-order chi connectivity index (χ1) is 42.4. The molecule has 3 aliphatic rings. The molecule has 7 rings (SSSR count). The van der Waals surface area contributed by atoms with Gasteiger partial charge >= 0.3 is 6.03 Å². The van der Waals surface area contributed by atoms with E-state index >= 15 is 0 Å². The van der Waals surface area contributed by atoms with Crippen molar-refractivity contribution in [3.63, 3.8) is 0 Å². The van der Waals surface area contributed by atoms with E-state index in [9.17, 15) is 28.3 Å². The zero-order valence-electron chi connectivity index (χ0n) is 50.8. The number of anilines is 1. The van der Waals surface area contributed by atoms with Gasteiger partial charge in [0.1, 0.15) is 35.9 Å². The number of hydrogen-bond donors (Lipinski definition) is 7. The van der Waals surface area contributed by atoms with Gasteiger partial charge in [-0.25, -0.2) is 24.0 Å². The van der Waals surface area contributed by atoms with Crippen LogP contribution in [0.2, 0.25) is 0 Å². The minimum absolute atomic E-state index is 0.105. The van der Waals surface area contributed by atoms with Crippen molar-refractivity contribution >= 4 is 35.3 Å². The molecule has 25 heteroatoms. The molecule has 22 nitrogen and oxygen atoms in total. The molecule has 87 heavy (non-hydrogen) atoms. The molecule has 4 aromatic rings. The molecule has 0 bridgehead atoms. The number of rotatable bonds is 40. The summed E-state index contributed by atoms with van der Waals surface area (Å²) < 4.78 is 62.3. The van der Waals surface area contributed by atoms with Crippen LogP contribution in [0.15, 0.2) is 97.3 Å². The number of hydrazine groups is 2. The molecule has 7 N–H and O–H groups in total. The zero-order valence-corrected chi connectivity index (χ0v) is 51.6. The van der Waals surface area contributed by atoms with Gasteiger partial charge in [-0.05, 0) is 124 Å². The van der Waals surface area contributed by atoms with E-state index in [0.717, 1.165) is 94.2 Å². The van der Waals surface area contributed by atoms with Crippen molar-refractivity contribution < 1.29 is 56.7 Å². The SMILES string of the molecule is COCCCN(C(=O)CCc1ccc(OCCCCN(C)CCOCCOCCC2CN(CCOCCOc3ccc(NC(=O)NC4NC(CC(O)N5CCN(C)CC5)CS4)cc3)NN2)cc1)C(C(=O)NCc1ccncc1)c1cccc(C(F)F)c1. The number of ether oxygens (including phenoxy) is 6. The molecule has 5 unspecified atom stereocenters. The minimum atomic E-state index is -2.74. The van der Waals surface area contributed by atoms with Crippen LogP contribution in [0.25, 0.3) is 0 Å². The Labute approximate surface area is 515 Å². The number of likely N-dealkylation sites (N-methyl/N-ethyl adjacent to an activating group) is 2. The molecule has 0 saturated carbocycles. The van der Waals surface area contributed by atoms with Crippen molar-refractivity contribution in [3.05, 3.63) is 120 Å². The number of thioether (sulfide) groups is 1. The van der Waals surface area contributed by atoms with Crippen LogP contribution < -0.4 is 41.7 Å². The van der Waals surface area contributed by atoms with Gasteiger partial charge < -0.3 is 64.2 Å². The van der Waals surface area contributed by atoms with Crippen molar-refractivity contribution in [2.24, 2.45) is 0 Å². The molecule has 1 aromatic heterocycles. The fourth-order valence-corrected chi connectivity index (χ4v) is 11.3. The lowest BCUT2D eigenvalue weighted by molar-refractivity contribution is -0.141. The number of halogens is 2. The molecule has 0 radical (unpaired) electrons. The number of carbonyl (C=O) groups is 3. The van der Waals surface area contributed by atoms with Gasteiger partial charge in [-0.3, -0.25) is 24.8 Å². The van der Waals surface area contributed by atoms with Crippen LogP contribution in [0, 0.1) is 0 Å². The van der Waals surface area contributed by atoms with E-state index in [1.54, 1.807) is 61.6 Å². The summed E-state index contributed by atoms with van der Waals surface area (Å²) in [7, 11) is 5.74. The maximum atomic E-state index is 14.0. The van der Waals surface area contributed by atoms with Crippen molar-refractivity contribution in [2.45, 2.75) is 87.8 Å². The normalized spacial score (nSPS) is 18.2. The third-order valence-electron chi connectivity index (χ3n) is 15.2. The second kappa shape index (κ2) is 38.7. The van der Waals surface area contributed by atoms with Gasteiger partial charge in [-0.2, -0.15) is 5.53 Å². The van der Waals surface area contributed by atoms with Gasteiger partial charge in [0.2, 0.25) is 11.8 Å². The van der Waals surface area contributed by atoms with Crippen LogP contribution in [-0.2, 0) is 41.5 Å². The number of aliphatic hydroxyl groups is 1. The maximum Gasteiger partial charge on any atom is 0.321 e. The summed E-state index contributed by atoms with van der Waals surface area (Å²) in [5, 5.41) is 25.0. The topological polar surface area (TPSA) is 228 Å². The smallest absolute Gasteiger partial charge is 0.321 e. The summed E-state index contributed by atoms with van der Waals surface area (Å²) in [4.78, 5) is 52.7. The molecule has 4 amide bonds. The maximum absolute atomic E-state index is 14.0. The Kier molecular flexibility index (Phi) is 30.6. The minimum Gasteiger partial charge on any atom is -0.494 e. The first-order valence-electron chi connectivity index (χ1n) is 30.4. The Morgan fingerprint density at radius 1 is 0.782 bits per heavy atom. The highest BCUT2D eigenvalue weighted by Crippen LogP contribution is 2.29. The number of pyridine rings is 1. The first-order valence-corrected chi connectivity index (χ1v) is 31.4. The molecule has 5 atom stereocenters. The summed E-state index contributed by atoms with van der Waals surface area (Å²) in [6.07, 6.45) is 4.31. The lowest BCUT2D eigenvalue weighted by Gasteiger charge is -2.36. The average Bonchev–Trinajstić information content (AvgIpc) is 4.35. The quantitative estimate of drug-likeness (QED) is 0.0283. The summed E-state index contributed by atoms with van der Waals surface area (Å²) in [6.45, 7) is 11.9. The fourth-order valence-electron chi connectivity index (χ4n) is 10.1. The number of nitrogens with one attached hydrogen (secondary N) is 6. The van der Waals surface area contributed by atoms with E-state index in [-0.39, 0.29) is 54.6 Å². The van der Waals surface area contributed by atoms with E-state index in [2.05, 4.69) is 71.0 Å². The van der Waals surface area contributed by atoms with Crippen molar-refractivity contribution in [1.82, 2.24) is 56.5 Å². The highest BCUT2D eigenvalue weighted by molar-refractivity contribution is 8.00.